The Kier molecular flexibility index (Phi) is 3.67. The average molecular weight is 265 g/mol. The van der Waals surface area contributed by atoms with Crippen LogP contribution in [0.25, 0.3) is 0 Å². The Morgan fingerprint density at radius 2 is 2.11 bits per heavy atom. The number of halogens is 1. The molecule has 1 aromatic carbocycles. The highest BCUT2D eigenvalue weighted by atomic mass is 35.5. The number of amides is 1. The minimum Gasteiger partial charge on any atom is -0.445 e. The van der Waals surface area contributed by atoms with Gasteiger partial charge in [-0.15, -0.1) is 0 Å². The average Bonchev–Trinajstić information content (AvgIpc) is 2.61. The number of para-hydroxylation sites is 1. The van der Waals surface area contributed by atoms with Crippen molar-refractivity contribution in [2.24, 2.45) is 0 Å². The first-order valence-corrected chi connectivity index (χ1v) is 5.91. The molecule has 1 amide bonds. The van der Waals surface area contributed by atoms with Gasteiger partial charge in [-0.05, 0) is 19.1 Å². The summed E-state index contributed by atoms with van der Waals surface area (Å²) in [5.74, 6) is 0.965. The molecule has 0 bridgehead atoms. The van der Waals surface area contributed by atoms with Crippen LogP contribution in [-0.2, 0) is 11.2 Å². The molecule has 0 spiro atoms. The van der Waals surface area contributed by atoms with E-state index in [-0.39, 0.29) is 12.3 Å². The van der Waals surface area contributed by atoms with E-state index in [4.69, 9.17) is 16.0 Å². The molecule has 2 rings (SSSR count). The molecule has 0 radical (unpaired) electrons. The predicted octanol–water partition coefficient (Wildman–Crippen LogP) is 3.13. The van der Waals surface area contributed by atoms with Crippen molar-refractivity contribution in [2.45, 2.75) is 20.3 Å². The lowest BCUT2D eigenvalue weighted by molar-refractivity contribution is -0.115. The quantitative estimate of drug-likeness (QED) is 0.927. The van der Waals surface area contributed by atoms with Crippen molar-refractivity contribution >= 4 is 23.2 Å². The largest absolute Gasteiger partial charge is 0.445 e. The Labute approximate surface area is 110 Å². The van der Waals surface area contributed by atoms with Crippen LogP contribution in [0.3, 0.4) is 0 Å². The van der Waals surface area contributed by atoms with Gasteiger partial charge in [0.15, 0.2) is 5.89 Å². The van der Waals surface area contributed by atoms with E-state index in [1.165, 1.54) is 0 Å². The summed E-state index contributed by atoms with van der Waals surface area (Å²) in [4.78, 5) is 16.0. The second kappa shape index (κ2) is 5.23. The second-order valence-electron chi connectivity index (χ2n) is 3.95. The van der Waals surface area contributed by atoms with Crippen LogP contribution in [0.1, 0.15) is 17.3 Å². The number of anilines is 1. The highest BCUT2D eigenvalue weighted by molar-refractivity contribution is 6.33. The molecule has 5 heteroatoms. The van der Waals surface area contributed by atoms with Crippen LogP contribution in [0, 0.1) is 13.8 Å². The van der Waals surface area contributed by atoms with Gasteiger partial charge in [-0.1, -0.05) is 23.7 Å². The molecule has 0 aliphatic rings. The number of aromatic nitrogens is 1. The molecular weight excluding hydrogens is 252 g/mol. The highest BCUT2D eigenvalue weighted by Crippen LogP contribution is 2.21. The number of oxazole rings is 1. The summed E-state index contributed by atoms with van der Waals surface area (Å²) in [5.41, 5.74) is 1.33. The number of nitrogens with one attached hydrogen (secondary N) is 1. The number of rotatable bonds is 3. The third-order valence-corrected chi connectivity index (χ3v) is 2.80. The minimum absolute atomic E-state index is 0.151. The normalized spacial score (nSPS) is 10.4. The number of carbonyl (C=O) groups is 1. The van der Waals surface area contributed by atoms with Gasteiger partial charge in [0, 0.05) is 6.92 Å². The number of carbonyl (C=O) groups excluding carboxylic acids is 1. The van der Waals surface area contributed by atoms with Crippen LogP contribution < -0.4 is 5.32 Å². The summed E-state index contributed by atoms with van der Waals surface area (Å²) >= 11 is 5.96. The number of hydrogen-bond donors (Lipinski definition) is 1. The highest BCUT2D eigenvalue weighted by Gasteiger charge is 2.12. The van der Waals surface area contributed by atoms with E-state index < -0.39 is 0 Å². The third kappa shape index (κ3) is 2.90. The lowest BCUT2D eigenvalue weighted by Gasteiger charge is -2.05. The zero-order valence-electron chi connectivity index (χ0n) is 10.2. The van der Waals surface area contributed by atoms with E-state index >= 15 is 0 Å². The fraction of sp³-hybridized carbons (Fsp3) is 0.231. The maximum absolute atomic E-state index is 11.8. The molecule has 0 fully saturated rings. The van der Waals surface area contributed by atoms with Gasteiger partial charge in [-0.2, -0.15) is 0 Å². The molecular formula is C13H13ClN2O2. The van der Waals surface area contributed by atoms with Gasteiger partial charge in [0.2, 0.25) is 5.91 Å². The van der Waals surface area contributed by atoms with Gasteiger partial charge in [-0.25, -0.2) is 4.98 Å². The van der Waals surface area contributed by atoms with E-state index in [0.29, 0.717) is 22.4 Å². The first kappa shape index (κ1) is 12.6. The van der Waals surface area contributed by atoms with Crippen molar-refractivity contribution < 1.29 is 9.21 Å². The maximum Gasteiger partial charge on any atom is 0.232 e. The zero-order valence-corrected chi connectivity index (χ0v) is 10.9. The molecule has 0 unspecified atom stereocenters. The number of benzene rings is 1. The van der Waals surface area contributed by atoms with Crippen LogP contribution in [0.15, 0.2) is 28.7 Å². The number of aryl methyl sites for hydroxylation is 2. The van der Waals surface area contributed by atoms with Crippen LogP contribution >= 0.6 is 11.6 Å². The molecule has 18 heavy (non-hydrogen) atoms. The molecule has 0 saturated carbocycles. The van der Waals surface area contributed by atoms with E-state index in [9.17, 15) is 4.79 Å². The monoisotopic (exact) mass is 264 g/mol. The summed E-state index contributed by atoms with van der Waals surface area (Å²) < 4.78 is 5.35. The Bertz CT molecular complexity index is 578. The summed E-state index contributed by atoms with van der Waals surface area (Å²) in [5, 5.41) is 3.25. The molecule has 0 aliphatic heterocycles. The van der Waals surface area contributed by atoms with Gasteiger partial charge < -0.3 is 9.73 Å². The predicted molar refractivity (Wildman–Crippen MR) is 69.8 cm³/mol. The second-order valence-corrected chi connectivity index (χ2v) is 4.35. The van der Waals surface area contributed by atoms with Crippen molar-refractivity contribution in [1.29, 1.82) is 0 Å². The smallest absolute Gasteiger partial charge is 0.232 e. The van der Waals surface area contributed by atoms with E-state index in [2.05, 4.69) is 10.3 Å². The Morgan fingerprint density at radius 3 is 2.72 bits per heavy atom. The Hall–Kier alpha value is -1.81. The summed E-state index contributed by atoms with van der Waals surface area (Å²) in [6.45, 7) is 3.57. The SMILES string of the molecule is Cc1nc(C)c(CC(=O)Nc2ccccc2Cl)o1. The number of hydrogen-bond acceptors (Lipinski definition) is 3. The first-order chi connectivity index (χ1) is 8.56. The van der Waals surface area contributed by atoms with E-state index in [0.717, 1.165) is 5.69 Å². The fourth-order valence-electron chi connectivity index (χ4n) is 1.64. The van der Waals surface area contributed by atoms with Gasteiger partial charge >= 0.3 is 0 Å². The van der Waals surface area contributed by atoms with Crippen molar-refractivity contribution in [3.05, 3.63) is 46.6 Å². The van der Waals surface area contributed by atoms with Crippen LogP contribution in [0.2, 0.25) is 5.02 Å². The minimum atomic E-state index is -0.178. The van der Waals surface area contributed by atoms with Gasteiger partial charge in [0.1, 0.15) is 5.76 Å². The summed E-state index contributed by atoms with van der Waals surface area (Å²) in [7, 11) is 0. The summed E-state index contributed by atoms with van der Waals surface area (Å²) in [6, 6.07) is 7.09. The standard InChI is InChI=1S/C13H13ClN2O2/c1-8-12(18-9(2)15-8)7-13(17)16-11-6-4-3-5-10(11)14/h3-6H,7H2,1-2H3,(H,16,17). The Morgan fingerprint density at radius 1 is 1.39 bits per heavy atom. The Balaban J connectivity index is 2.06. The van der Waals surface area contributed by atoms with Crippen molar-refractivity contribution in [2.75, 3.05) is 5.32 Å². The van der Waals surface area contributed by atoms with Crippen LogP contribution in [0.4, 0.5) is 5.69 Å². The lowest BCUT2D eigenvalue weighted by Crippen LogP contribution is -2.14. The van der Waals surface area contributed by atoms with E-state index in [1.807, 2.05) is 19.1 Å². The van der Waals surface area contributed by atoms with Crippen molar-refractivity contribution in [3.63, 3.8) is 0 Å². The molecule has 4 nitrogen and oxygen atoms in total. The lowest BCUT2D eigenvalue weighted by atomic mass is 10.2. The topological polar surface area (TPSA) is 55.1 Å². The van der Waals surface area contributed by atoms with Gasteiger partial charge in [0.05, 0.1) is 22.8 Å². The maximum atomic E-state index is 11.8. The van der Waals surface area contributed by atoms with Gasteiger partial charge in [0.25, 0.3) is 0 Å². The van der Waals surface area contributed by atoms with Crippen molar-refractivity contribution in [3.8, 4) is 0 Å². The molecule has 94 valence electrons. The zero-order chi connectivity index (χ0) is 13.1. The number of nitrogens with zero attached hydrogens (tertiary/aromatic N) is 1. The molecule has 1 N–H and O–H groups in total. The fourth-order valence-corrected chi connectivity index (χ4v) is 1.82. The third-order valence-electron chi connectivity index (χ3n) is 2.47. The first-order valence-electron chi connectivity index (χ1n) is 5.53. The molecule has 0 aliphatic carbocycles. The molecule has 1 aromatic heterocycles. The van der Waals surface area contributed by atoms with Crippen LogP contribution in [-0.4, -0.2) is 10.9 Å². The summed E-state index contributed by atoms with van der Waals surface area (Å²) in [6.07, 6.45) is 0.151. The molecule has 0 atom stereocenters. The van der Waals surface area contributed by atoms with Gasteiger partial charge in [-0.3, -0.25) is 4.79 Å². The molecule has 2 aromatic rings. The van der Waals surface area contributed by atoms with Crippen LogP contribution in [0.5, 0.6) is 0 Å². The molecule has 1 heterocycles. The van der Waals surface area contributed by atoms with Crippen molar-refractivity contribution in [1.82, 2.24) is 4.98 Å². The van der Waals surface area contributed by atoms with E-state index in [1.54, 1.807) is 19.1 Å². The molecule has 0 saturated heterocycles.